The topological polar surface area (TPSA) is 89.7 Å². The summed E-state index contributed by atoms with van der Waals surface area (Å²) in [4.78, 5) is 4.60. The highest BCUT2D eigenvalue weighted by Crippen LogP contribution is 2.20. The third-order valence-electron chi connectivity index (χ3n) is 3.85. The van der Waals surface area contributed by atoms with E-state index < -0.39 is 10.0 Å². The number of ether oxygens (including phenoxy) is 1. The standard InChI is InChI=1S/C17H21N5O3S2/c1-12-11-13(2)22-16(18-12)19-20-17(22)26-10-9-25-14-5-7-15(8-6-14)27(23,24)21(3)4/h5-8,11H,9-10H2,1-4H3. The minimum Gasteiger partial charge on any atom is -0.493 e. The number of aryl methyl sites for hydroxylation is 2. The summed E-state index contributed by atoms with van der Waals surface area (Å²) in [7, 11) is -0.419. The lowest BCUT2D eigenvalue weighted by Crippen LogP contribution is -2.22. The molecule has 0 spiro atoms. The van der Waals surface area contributed by atoms with Crippen LogP contribution >= 0.6 is 11.8 Å². The molecule has 0 aliphatic carbocycles. The zero-order valence-corrected chi connectivity index (χ0v) is 17.2. The van der Waals surface area contributed by atoms with Gasteiger partial charge in [0, 0.05) is 31.2 Å². The van der Waals surface area contributed by atoms with Crippen LogP contribution in [0.4, 0.5) is 0 Å². The Hall–Kier alpha value is -2.17. The van der Waals surface area contributed by atoms with E-state index >= 15 is 0 Å². The van der Waals surface area contributed by atoms with Crippen molar-refractivity contribution in [1.82, 2.24) is 23.9 Å². The summed E-state index contributed by atoms with van der Waals surface area (Å²) >= 11 is 1.53. The second-order valence-corrected chi connectivity index (χ2v) is 9.33. The Bertz CT molecular complexity index is 1050. The number of sulfonamides is 1. The molecule has 8 nitrogen and oxygen atoms in total. The molecular weight excluding hydrogens is 386 g/mol. The average molecular weight is 408 g/mol. The molecule has 0 aliphatic rings. The van der Waals surface area contributed by atoms with Gasteiger partial charge in [-0.3, -0.25) is 4.40 Å². The number of fused-ring (bicyclic) bond motifs is 1. The predicted octanol–water partition coefficient (Wildman–Crippen LogP) is 2.16. The number of nitrogens with zero attached hydrogens (tertiary/aromatic N) is 5. The fourth-order valence-electron chi connectivity index (χ4n) is 2.50. The van der Waals surface area contributed by atoms with Gasteiger partial charge in [-0.05, 0) is 44.2 Å². The monoisotopic (exact) mass is 407 g/mol. The molecule has 144 valence electrons. The van der Waals surface area contributed by atoms with Gasteiger partial charge < -0.3 is 4.74 Å². The smallest absolute Gasteiger partial charge is 0.256 e. The van der Waals surface area contributed by atoms with Gasteiger partial charge >= 0.3 is 0 Å². The maximum Gasteiger partial charge on any atom is 0.256 e. The summed E-state index contributed by atoms with van der Waals surface area (Å²) in [6.07, 6.45) is 0. The molecule has 1 aromatic carbocycles. The van der Waals surface area contributed by atoms with Crippen molar-refractivity contribution in [2.24, 2.45) is 0 Å². The molecule has 0 bridgehead atoms. The van der Waals surface area contributed by atoms with Crippen LogP contribution in [-0.4, -0.2) is 58.8 Å². The maximum atomic E-state index is 12.1. The van der Waals surface area contributed by atoms with Crippen molar-refractivity contribution in [3.8, 4) is 5.75 Å². The van der Waals surface area contributed by atoms with Crippen molar-refractivity contribution in [3.63, 3.8) is 0 Å². The lowest BCUT2D eigenvalue weighted by Gasteiger charge is -2.12. The van der Waals surface area contributed by atoms with E-state index in [4.69, 9.17) is 4.74 Å². The molecule has 2 aromatic heterocycles. The second kappa shape index (κ2) is 7.83. The number of aromatic nitrogens is 4. The summed E-state index contributed by atoms with van der Waals surface area (Å²) in [5.41, 5.74) is 1.94. The fourth-order valence-corrected chi connectivity index (χ4v) is 4.21. The Labute approximate surface area is 162 Å². The highest BCUT2D eigenvalue weighted by atomic mass is 32.2. The first kappa shape index (κ1) is 19.6. The van der Waals surface area contributed by atoms with E-state index in [1.165, 1.54) is 30.2 Å². The van der Waals surface area contributed by atoms with Crippen LogP contribution in [0.3, 0.4) is 0 Å². The molecule has 0 saturated heterocycles. The van der Waals surface area contributed by atoms with E-state index in [2.05, 4.69) is 15.2 Å². The SMILES string of the molecule is Cc1cc(C)n2c(SCCOc3ccc(S(=O)(=O)N(C)C)cc3)nnc2n1. The quantitative estimate of drug-likeness (QED) is 0.438. The molecule has 0 aliphatic heterocycles. The Balaban J connectivity index is 1.58. The van der Waals surface area contributed by atoms with Crippen LogP contribution in [0.5, 0.6) is 5.75 Å². The van der Waals surface area contributed by atoms with Gasteiger partial charge in [-0.2, -0.15) is 0 Å². The Morgan fingerprint density at radius 2 is 1.85 bits per heavy atom. The van der Waals surface area contributed by atoms with Gasteiger partial charge in [0.25, 0.3) is 5.78 Å². The summed E-state index contributed by atoms with van der Waals surface area (Å²) in [5.74, 6) is 1.88. The predicted molar refractivity (Wildman–Crippen MR) is 104 cm³/mol. The van der Waals surface area contributed by atoms with Crippen LogP contribution in [0.1, 0.15) is 11.4 Å². The van der Waals surface area contributed by atoms with Crippen LogP contribution in [0.25, 0.3) is 5.78 Å². The van der Waals surface area contributed by atoms with E-state index in [1.807, 2.05) is 24.3 Å². The summed E-state index contributed by atoms with van der Waals surface area (Å²) in [6.45, 7) is 4.38. The Morgan fingerprint density at radius 1 is 1.15 bits per heavy atom. The number of thioether (sulfide) groups is 1. The zero-order chi connectivity index (χ0) is 19.6. The van der Waals surface area contributed by atoms with Gasteiger partial charge in [0.15, 0.2) is 5.16 Å². The third kappa shape index (κ3) is 4.23. The molecule has 0 radical (unpaired) electrons. The van der Waals surface area contributed by atoms with Gasteiger partial charge in [0.1, 0.15) is 5.75 Å². The van der Waals surface area contributed by atoms with Crippen LogP contribution in [0.2, 0.25) is 0 Å². The molecule has 3 rings (SSSR count). The molecule has 0 N–H and O–H groups in total. The normalized spacial score (nSPS) is 12.0. The first-order chi connectivity index (χ1) is 12.8. The molecular formula is C17H21N5O3S2. The molecule has 27 heavy (non-hydrogen) atoms. The van der Waals surface area contributed by atoms with Gasteiger partial charge in [0.05, 0.1) is 11.5 Å². The van der Waals surface area contributed by atoms with E-state index in [-0.39, 0.29) is 4.90 Å². The van der Waals surface area contributed by atoms with Gasteiger partial charge in [0.2, 0.25) is 10.0 Å². The molecule has 3 aromatic rings. The first-order valence-electron chi connectivity index (χ1n) is 8.26. The third-order valence-corrected chi connectivity index (χ3v) is 6.57. The van der Waals surface area contributed by atoms with Crippen molar-refractivity contribution in [3.05, 3.63) is 41.7 Å². The molecule has 0 fully saturated rings. The molecule has 0 saturated carbocycles. The van der Waals surface area contributed by atoms with Gasteiger partial charge in [-0.15, -0.1) is 10.2 Å². The average Bonchev–Trinajstić information content (AvgIpc) is 3.02. The maximum absolute atomic E-state index is 12.1. The number of hydrogen-bond acceptors (Lipinski definition) is 7. The van der Waals surface area contributed by atoms with Gasteiger partial charge in [-0.1, -0.05) is 11.8 Å². The molecule has 0 atom stereocenters. The summed E-state index contributed by atoms with van der Waals surface area (Å²) in [6, 6.07) is 8.39. The Morgan fingerprint density at radius 3 is 2.52 bits per heavy atom. The highest BCUT2D eigenvalue weighted by Gasteiger charge is 2.16. The summed E-state index contributed by atoms with van der Waals surface area (Å²) < 4.78 is 32.9. The first-order valence-corrected chi connectivity index (χ1v) is 10.7. The van der Waals surface area contributed by atoms with Crippen LogP contribution in [0, 0.1) is 13.8 Å². The van der Waals surface area contributed by atoms with Crippen molar-refractivity contribution in [2.75, 3.05) is 26.5 Å². The van der Waals surface area contributed by atoms with Crippen molar-refractivity contribution in [2.45, 2.75) is 23.9 Å². The van der Waals surface area contributed by atoms with E-state index in [1.54, 1.807) is 24.3 Å². The van der Waals surface area contributed by atoms with Crippen molar-refractivity contribution >= 4 is 27.6 Å². The highest BCUT2D eigenvalue weighted by molar-refractivity contribution is 7.99. The van der Waals surface area contributed by atoms with Crippen LogP contribution < -0.4 is 4.74 Å². The van der Waals surface area contributed by atoms with Crippen molar-refractivity contribution < 1.29 is 13.2 Å². The number of rotatable bonds is 7. The molecule has 2 heterocycles. The molecule has 0 unspecified atom stereocenters. The molecule has 10 heteroatoms. The van der Waals surface area contributed by atoms with E-state index in [0.717, 1.165) is 16.5 Å². The lowest BCUT2D eigenvalue weighted by atomic mass is 10.3. The molecule has 0 amide bonds. The zero-order valence-electron chi connectivity index (χ0n) is 15.6. The Kier molecular flexibility index (Phi) is 5.68. The number of hydrogen-bond donors (Lipinski definition) is 0. The number of benzene rings is 1. The summed E-state index contributed by atoms with van der Waals surface area (Å²) in [5, 5.41) is 9.06. The fraction of sp³-hybridized carbons (Fsp3) is 0.353. The minimum absolute atomic E-state index is 0.238. The van der Waals surface area contributed by atoms with Crippen LogP contribution in [0.15, 0.2) is 40.4 Å². The van der Waals surface area contributed by atoms with E-state index in [9.17, 15) is 8.42 Å². The minimum atomic E-state index is -3.43. The van der Waals surface area contributed by atoms with Crippen LogP contribution in [-0.2, 0) is 10.0 Å². The second-order valence-electron chi connectivity index (χ2n) is 6.11. The van der Waals surface area contributed by atoms with Gasteiger partial charge in [-0.25, -0.2) is 17.7 Å². The van der Waals surface area contributed by atoms with E-state index in [0.29, 0.717) is 23.9 Å². The largest absolute Gasteiger partial charge is 0.493 e. The van der Waals surface area contributed by atoms with Crippen molar-refractivity contribution in [1.29, 1.82) is 0 Å². The lowest BCUT2D eigenvalue weighted by molar-refractivity contribution is 0.343.